The molecule has 0 saturated carbocycles. The average molecular weight is 345 g/mol. The van der Waals surface area contributed by atoms with Gasteiger partial charge in [0.05, 0.1) is 12.5 Å². The molecule has 0 aliphatic carbocycles. The fraction of sp³-hybridized carbons (Fsp3) is 0.650. The number of nitrogens with one attached hydrogen (secondary N) is 1. The molecule has 1 amide bonds. The molecule has 2 heterocycles. The number of rotatable bonds is 6. The van der Waals surface area contributed by atoms with E-state index in [2.05, 4.69) is 45.4 Å². The number of likely N-dealkylation sites (tertiary alicyclic amines) is 2. The molecule has 25 heavy (non-hydrogen) atoms. The molecular weight excluding hydrogens is 314 g/mol. The molecule has 1 aromatic rings. The van der Waals surface area contributed by atoms with Crippen molar-refractivity contribution < 1.29 is 9.90 Å². The van der Waals surface area contributed by atoms with Crippen LogP contribution >= 0.6 is 0 Å². The minimum Gasteiger partial charge on any atom is -0.395 e. The molecule has 138 valence electrons. The van der Waals surface area contributed by atoms with Gasteiger partial charge in [0, 0.05) is 25.7 Å². The summed E-state index contributed by atoms with van der Waals surface area (Å²) in [4.78, 5) is 17.3. The van der Waals surface area contributed by atoms with Crippen LogP contribution in [0.1, 0.15) is 31.2 Å². The summed E-state index contributed by atoms with van der Waals surface area (Å²) in [5.74, 6) is 0.197. The maximum Gasteiger partial charge on any atom is 0.224 e. The van der Waals surface area contributed by atoms with Gasteiger partial charge in [-0.3, -0.25) is 14.6 Å². The number of aliphatic hydroxyl groups is 1. The van der Waals surface area contributed by atoms with Gasteiger partial charge < -0.3 is 10.4 Å². The molecule has 0 spiro atoms. The Balaban J connectivity index is 1.45. The van der Waals surface area contributed by atoms with Gasteiger partial charge in [-0.1, -0.05) is 30.3 Å². The topological polar surface area (TPSA) is 55.8 Å². The molecule has 0 bridgehead atoms. The maximum atomic E-state index is 12.2. The van der Waals surface area contributed by atoms with Crippen molar-refractivity contribution in [3.8, 4) is 0 Å². The van der Waals surface area contributed by atoms with E-state index in [1.54, 1.807) is 0 Å². The lowest BCUT2D eigenvalue weighted by molar-refractivity contribution is -0.127. The molecule has 1 aromatic carbocycles. The Bertz CT molecular complexity index is 529. The number of benzene rings is 1. The minimum atomic E-state index is 0.0159. The highest BCUT2D eigenvalue weighted by molar-refractivity contribution is 5.78. The molecule has 2 N–H and O–H groups in total. The van der Waals surface area contributed by atoms with Crippen LogP contribution in [0.25, 0.3) is 0 Å². The summed E-state index contributed by atoms with van der Waals surface area (Å²) < 4.78 is 0. The number of piperidine rings is 2. The van der Waals surface area contributed by atoms with Crippen LogP contribution in [0.15, 0.2) is 30.3 Å². The molecule has 5 heteroatoms. The fourth-order valence-electron chi connectivity index (χ4n) is 4.16. The van der Waals surface area contributed by atoms with Gasteiger partial charge in [-0.05, 0) is 50.9 Å². The number of carbonyl (C=O) groups is 1. The lowest BCUT2D eigenvalue weighted by Gasteiger charge is -2.42. The lowest BCUT2D eigenvalue weighted by Crippen LogP contribution is -2.50. The predicted molar refractivity (Wildman–Crippen MR) is 99.1 cm³/mol. The second-order valence-corrected chi connectivity index (χ2v) is 7.34. The van der Waals surface area contributed by atoms with Crippen LogP contribution in [-0.2, 0) is 11.3 Å². The van der Waals surface area contributed by atoms with Crippen LogP contribution in [0.2, 0.25) is 0 Å². The van der Waals surface area contributed by atoms with E-state index in [1.807, 2.05) is 0 Å². The Morgan fingerprint density at radius 2 is 1.88 bits per heavy atom. The average Bonchev–Trinajstić information content (AvgIpc) is 2.67. The van der Waals surface area contributed by atoms with Gasteiger partial charge >= 0.3 is 0 Å². The first-order valence-electron chi connectivity index (χ1n) is 9.65. The summed E-state index contributed by atoms with van der Waals surface area (Å²) in [7, 11) is 0. The van der Waals surface area contributed by atoms with Crippen LogP contribution in [0.4, 0.5) is 0 Å². The Morgan fingerprint density at radius 1 is 1.12 bits per heavy atom. The van der Waals surface area contributed by atoms with Crippen molar-refractivity contribution in [1.82, 2.24) is 15.1 Å². The zero-order chi connectivity index (χ0) is 17.5. The second-order valence-electron chi connectivity index (χ2n) is 7.34. The number of amides is 1. The molecule has 0 unspecified atom stereocenters. The van der Waals surface area contributed by atoms with Crippen LogP contribution < -0.4 is 5.32 Å². The molecule has 2 saturated heterocycles. The first kappa shape index (κ1) is 18.4. The highest BCUT2D eigenvalue weighted by Gasteiger charge is 2.31. The summed E-state index contributed by atoms with van der Waals surface area (Å²) in [6.45, 7) is 5.69. The third kappa shape index (κ3) is 5.27. The van der Waals surface area contributed by atoms with Crippen LogP contribution in [0, 0.1) is 5.92 Å². The number of carbonyl (C=O) groups excluding carboxylic acids is 1. The largest absolute Gasteiger partial charge is 0.395 e. The Morgan fingerprint density at radius 3 is 2.60 bits per heavy atom. The van der Waals surface area contributed by atoms with Gasteiger partial charge in [-0.15, -0.1) is 0 Å². The second kappa shape index (κ2) is 9.32. The van der Waals surface area contributed by atoms with Crippen molar-refractivity contribution in [2.75, 3.05) is 39.3 Å². The first-order valence-corrected chi connectivity index (χ1v) is 9.65. The third-order valence-electron chi connectivity index (χ3n) is 5.56. The van der Waals surface area contributed by atoms with E-state index in [-0.39, 0.29) is 18.4 Å². The molecule has 2 aliphatic rings. The molecule has 0 aromatic heterocycles. The van der Waals surface area contributed by atoms with Crippen molar-refractivity contribution in [3.63, 3.8) is 0 Å². The smallest absolute Gasteiger partial charge is 0.224 e. The summed E-state index contributed by atoms with van der Waals surface area (Å²) in [5.41, 5.74) is 1.39. The number of aliphatic hydroxyl groups excluding tert-OH is 1. The van der Waals surface area contributed by atoms with E-state index < -0.39 is 0 Å². The normalized spacial score (nSPS) is 23.5. The molecule has 5 nitrogen and oxygen atoms in total. The van der Waals surface area contributed by atoms with Crippen molar-refractivity contribution in [2.45, 2.75) is 38.3 Å². The van der Waals surface area contributed by atoms with Crippen LogP contribution in [-0.4, -0.2) is 66.2 Å². The zero-order valence-electron chi connectivity index (χ0n) is 15.1. The van der Waals surface area contributed by atoms with Gasteiger partial charge in [-0.25, -0.2) is 0 Å². The minimum absolute atomic E-state index is 0.0159. The summed E-state index contributed by atoms with van der Waals surface area (Å²) >= 11 is 0. The number of hydrogen-bond donors (Lipinski definition) is 2. The summed E-state index contributed by atoms with van der Waals surface area (Å²) in [6, 6.07) is 11.3. The van der Waals surface area contributed by atoms with E-state index in [1.165, 1.54) is 18.4 Å². The fourth-order valence-corrected chi connectivity index (χ4v) is 4.16. The SMILES string of the molecule is O=C(NCCO)[C@@H]1CCCN(C2CCN(Cc3ccccc3)CC2)C1. The van der Waals surface area contributed by atoms with E-state index in [9.17, 15) is 4.79 Å². The van der Waals surface area contributed by atoms with Crippen molar-refractivity contribution in [3.05, 3.63) is 35.9 Å². The zero-order valence-corrected chi connectivity index (χ0v) is 15.1. The first-order chi connectivity index (χ1) is 12.3. The highest BCUT2D eigenvalue weighted by Crippen LogP contribution is 2.24. The van der Waals surface area contributed by atoms with Crippen LogP contribution in [0.3, 0.4) is 0 Å². The van der Waals surface area contributed by atoms with Gasteiger partial charge in [0.1, 0.15) is 0 Å². The molecule has 2 fully saturated rings. The van der Waals surface area contributed by atoms with E-state index in [0.29, 0.717) is 12.6 Å². The number of nitrogens with zero attached hydrogens (tertiary/aromatic N) is 2. The van der Waals surface area contributed by atoms with E-state index in [0.717, 1.165) is 45.6 Å². The quantitative estimate of drug-likeness (QED) is 0.820. The maximum absolute atomic E-state index is 12.2. The highest BCUT2D eigenvalue weighted by atomic mass is 16.3. The van der Waals surface area contributed by atoms with Crippen LogP contribution in [0.5, 0.6) is 0 Å². The van der Waals surface area contributed by atoms with E-state index >= 15 is 0 Å². The molecule has 3 rings (SSSR count). The van der Waals surface area contributed by atoms with Gasteiger partial charge in [0.15, 0.2) is 0 Å². The Labute approximate surface area is 151 Å². The third-order valence-corrected chi connectivity index (χ3v) is 5.56. The van der Waals surface area contributed by atoms with E-state index in [4.69, 9.17) is 5.11 Å². The summed E-state index contributed by atoms with van der Waals surface area (Å²) in [5, 5.41) is 11.7. The van der Waals surface area contributed by atoms with Gasteiger partial charge in [0.2, 0.25) is 5.91 Å². The standard InChI is InChI=1S/C20H31N3O2/c24-14-10-21-20(25)18-7-4-11-23(16-18)19-8-12-22(13-9-19)15-17-5-2-1-3-6-17/h1-3,5-6,18-19,24H,4,7-16H2,(H,21,25)/t18-/m1/s1. The molecular formula is C20H31N3O2. The van der Waals surface area contributed by atoms with Crippen molar-refractivity contribution in [2.24, 2.45) is 5.92 Å². The summed E-state index contributed by atoms with van der Waals surface area (Å²) in [6.07, 6.45) is 4.46. The molecule has 0 radical (unpaired) electrons. The number of hydrogen-bond acceptors (Lipinski definition) is 4. The van der Waals surface area contributed by atoms with Crippen molar-refractivity contribution in [1.29, 1.82) is 0 Å². The Hall–Kier alpha value is -1.43. The van der Waals surface area contributed by atoms with Gasteiger partial charge in [0.25, 0.3) is 0 Å². The molecule has 2 aliphatic heterocycles. The predicted octanol–water partition coefficient (Wildman–Crippen LogP) is 1.47. The Kier molecular flexibility index (Phi) is 6.84. The van der Waals surface area contributed by atoms with Crippen molar-refractivity contribution >= 4 is 5.91 Å². The van der Waals surface area contributed by atoms with Gasteiger partial charge in [-0.2, -0.15) is 0 Å². The monoisotopic (exact) mass is 345 g/mol. The lowest BCUT2D eigenvalue weighted by atomic mass is 9.93. The molecule has 1 atom stereocenters.